The van der Waals surface area contributed by atoms with Gasteiger partial charge in [0, 0.05) is 30.8 Å². The highest BCUT2D eigenvalue weighted by Gasteiger charge is 2.30. The fraction of sp³-hybridized carbons (Fsp3) is 0.565. The van der Waals surface area contributed by atoms with Crippen LogP contribution in [0.15, 0.2) is 22.6 Å². The number of Topliss-reactive ketones (excluding diaryl/α,β-unsaturated/α-hetero) is 1. The van der Waals surface area contributed by atoms with Crippen molar-refractivity contribution in [1.29, 1.82) is 0 Å². The molecule has 29 heavy (non-hydrogen) atoms. The standard InChI is InChI=1S/C23H31NO5/c1-6-7-19(25)21-15(2)28-20-9-8-17(12-18(20)21)27-14-16-10-11-24(13-16)22(26)29-23(3,4)5/h8-9,12,16H,6-7,10-11,13-14H2,1-5H3. The van der Waals surface area contributed by atoms with Crippen molar-refractivity contribution in [2.24, 2.45) is 5.92 Å². The Balaban J connectivity index is 1.63. The number of carbonyl (C=O) groups is 2. The Labute approximate surface area is 172 Å². The summed E-state index contributed by atoms with van der Waals surface area (Å²) in [7, 11) is 0. The normalized spacial score (nSPS) is 17.0. The summed E-state index contributed by atoms with van der Waals surface area (Å²) in [5.41, 5.74) is 0.868. The van der Waals surface area contributed by atoms with E-state index in [0.29, 0.717) is 48.8 Å². The van der Waals surface area contributed by atoms with Crippen LogP contribution < -0.4 is 4.74 Å². The first kappa shape index (κ1) is 21.2. The average molecular weight is 402 g/mol. The van der Waals surface area contributed by atoms with Gasteiger partial charge in [-0.25, -0.2) is 4.79 Å². The van der Waals surface area contributed by atoms with Gasteiger partial charge in [0.1, 0.15) is 22.7 Å². The summed E-state index contributed by atoms with van der Waals surface area (Å²) in [5, 5.41) is 0.806. The lowest BCUT2D eigenvalue weighted by atomic mass is 10.0. The molecule has 1 aliphatic rings. The molecular formula is C23H31NO5. The minimum atomic E-state index is -0.489. The monoisotopic (exact) mass is 401 g/mol. The minimum absolute atomic E-state index is 0.102. The number of nitrogens with zero attached hydrogens (tertiary/aromatic N) is 1. The first-order valence-electron chi connectivity index (χ1n) is 10.3. The number of amides is 1. The zero-order valence-corrected chi connectivity index (χ0v) is 18.0. The molecule has 6 nitrogen and oxygen atoms in total. The zero-order valence-electron chi connectivity index (χ0n) is 18.0. The number of fused-ring (bicyclic) bond motifs is 1. The van der Waals surface area contributed by atoms with E-state index in [9.17, 15) is 9.59 Å². The number of rotatable bonds is 6. The number of furan rings is 1. The van der Waals surface area contributed by atoms with Gasteiger partial charge in [-0.3, -0.25) is 4.79 Å². The van der Waals surface area contributed by atoms with Gasteiger partial charge in [0.2, 0.25) is 0 Å². The first-order valence-corrected chi connectivity index (χ1v) is 10.3. The van der Waals surface area contributed by atoms with Crippen molar-refractivity contribution < 1.29 is 23.5 Å². The third kappa shape index (κ3) is 5.11. The van der Waals surface area contributed by atoms with Crippen LogP contribution in [0.4, 0.5) is 4.79 Å². The topological polar surface area (TPSA) is 69.0 Å². The van der Waals surface area contributed by atoms with E-state index in [1.807, 2.05) is 52.8 Å². The highest BCUT2D eigenvalue weighted by atomic mass is 16.6. The van der Waals surface area contributed by atoms with Crippen LogP contribution in [0, 0.1) is 12.8 Å². The molecule has 2 heterocycles. The molecule has 0 spiro atoms. The molecule has 1 saturated heterocycles. The molecular weight excluding hydrogens is 370 g/mol. The number of carbonyl (C=O) groups excluding carboxylic acids is 2. The Morgan fingerprint density at radius 3 is 2.72 bits per heavy atom. The highest BCUT2D eigenvalue weighted by molar-refractivity contribution is 6.08. The van der Waals surface area contributed by atoms with Crippen LogP contribution in [-0.2, 0) is 4.74 Å². The van der Waals surface area contributed by atoms with Gasteiger partial charge in [0.05, 0.1) is 12.2 Å². The van der Waals surface area contributed by atoms with E-state index in [1.165, 1.54) is 0 Å². The molecule has 0 aliphatic carbocycles. The molecule has 0 N–H and O–H groups in total. The summed E-state index contributed by atoms with van der Waals surface area (Å²) in [6.07, 6.45) is 1.92. The second-order valence-corrected chi connectivity index (χ2v) is 8.76. The van der Waals surface area contributed by atoms with E-state index in [1.54, 1.807) is 4.90 Å². The Kier molecular flexibility index (Phi) is 6.20. The van der Waals surface area contributed by atoms with Gasteiger partial charge in [0.25, 0.3) is 0 Å². The summed E-state index contributed by atoms with van der Waals surface area (Å²) in [6.45, 7) is 11.2. The smallest absolute Gasteiger partial charge is 0.410 e. The van der Waals surface area contributed by atoms with E-state index < -0.39 is 5.60 Å². The lowest BCUT2D eigenvalue weighted by Gasteiger charge is -2.24. The fourth-order valence-electron chi connectivity index (χ4n) is 3.66. The van der Waals surface area contributed by atoms with Gasteiger partial charge in [-0.2, -0.15) is 0 Å². The van der Waals surface area contributed by atoms with E-state index in [4.69, 9.17) is 13.9 Å². The minimum Gasteiger partial charge on any atom is -0.493 e. The van der Waals surface area contributed by atoms with Crippen molar-refractivity contribution >= 4 is 22.8 Å². The summed E-state index contributed by atoms with van der Waals surface area (Å²) in [4.78, 5) is 26.4. The number of ether oxygens (including phenoxy) is 2. The number of ketones is 1. The van der Waals surface area contributed by atoms with Crippen molar-refractivity contribution in [3.05, 3.63) is 29.5 Å². The largest absolute Gasteiger partial charge is 0.493 e. The van der Waals surface area contributed by atoms with Crippen molar-refractivity contribution in [1.82, 2.24) is 4.90 Å². The molecule has 2 aromatic rings. The van der Waals surface area contributed by atoms with E-state index in [-0.39, 0.29) is 17.8 Å². The number of hydrogen-bond acceptors (Lipinski definition) is 5. The van der Waals surface area contributed by atoms with Crippen LogP contribution in [0.3, 0.4) is 0 Å². The lowest BCUT2D eigenvalue weighted by molar-refractivity contribution is 0.0284. The second kappa shape index (κ2) is 8.47. The first-order chi connectivity index (χ1) is 13.7. The van der Waals surface area contributed by atoms with Crippen LogP contribution in [-0.4, -0.2) is 42.1 Å². The molecule has 6 heteroatoms. The molecule has 158 valence electrons. The van der Waals surface area contributed by atoms with Crippen LogP contribution >= 0.6 is 0 Å². The Bertz CT molecular complexity index is 893. The Morgan fingerprint density at radius 2 is 2.03 bits per heavy atom. The zero-order chi connectivity index (χ0) is 21.2. The Morgan fingerprint density at radius 1 is 1.28 bits per heavy atom. The molecule has 3 rings (SSSR count). The Hall–Kier alpha value is -2.50. The summed E-state index contributed by atoms with van der Waals surface area (Å²) in [6, 6.07) is 5.59. The maximum atomic E-state index is 12.5. The molecule has 1 aliphatic heterocycles. The maximum absolute atomic E-state index is 12.5. The quantitative estimate of drug-likeness (QED) is 0.610. The third-order valence-electron chi connectivity index (χ3n) is 5.01. The van der Waals surface area contributed by atoms with E-state index >= 15 is 0 Å². The van der Waals surface area contributed by atoms with Gasteiger partial charge < -0.3 is 18.8 Å². The highest BCUT2D eigenvalue weighted by Crippen LogP contribution is 2.31. The van der Waals surface area contributed by atoms with Gasteiger partial charge in [0.15, 0.2) is 5.78 Å². The van der Waals surface area contributed by atoms with Crippen molar-refractivity contribution in [3.63, 3.8) is 0 Å². The summed E-state index contributed by atoms with van der Waals surface area (Å²) in [5.74, 6) is 1.72. The molecule has 1 atom stereocenters. The van der Waals surface area contributed by atoms with Crippen LogP contribution in [0.2, 0.25) is 0 Å². The van der Waals surface area contributed by atoms with Crippen molar-refractivity contribution in [3.8, 4) is 5.75 Å². The maximum Gasteiger partial charge on any atom is 0.410 e. The summed E-state index contributed by atoms with van der Waals surface area (Å²) < 4.78 is 17.2. The van der Waals surface area contributed by atoms with E-state index in [0.717, 1.165) is 18.2 Å². The molecule has 1 amide bonds. The van der Waals surface area contributed by atoms with Crippen molar-refractivity contribution in [2.75, 3.05) is 19.7 Å². The van der Waals surface area contributed by atoms with Gasteiger partial charge in [-0.15, -0.1) is 0 Å². The van der Waals surface area contributed by atoms with E-state index in [2.05, 4.69) is 0 Å². The van der Waals surface area contributed by atoms with Crippen LogP contribution in [0.5, 0.6) is 5.75 Å². The molecule has 0 radical (unpaired) electrons. The van der Waals surface area contributed by atoms with Gasteiger partial charge in [-0.05, 0) is 58.7 Å². The average Bonchev–Trinajstić information content (AvgIpc) is 3.22. The molecule has 1 unspecified atom stereocenters. The summed E-state index contributed by atoms with van der Waals surface area (Å²) >= 11 is 0. The second-order valence-electron chi connectivity index (χ2n) is 8.76. The van der Waals surface area contributed by atoms with Crippen LogP contribution in [0.25, 0.3) is 11.0 Å². The van der Waals surface area contributed by atoms with Gasteiger partial charge >= 0.3 is 6.09 Å². The number of hydrogen-bond donors (Lipinski definition) is 0. The lowest BCUT2D eigenvalue weighted by Crippen LogP contribution is -2.35. The molecule has 0 bridgehead atoms. The van der Waals surface area contributed by atoms with Gasteiger partial charge in [-0.1, -0.05) is 6.92 Å². The van der Waals surface area contributed by atoms with Crippen LogP contribution in [0.1, 0.15) is 63.1 Å². The fourth-order valence-corrected chi connectivity index (χ4v) is 3.66. The molecule has 1 aromatic heterocycles. The number of likely N-dealkylation sites (tertiary alicyclic amines) is 1. The SMILES string of the molecule is CCCC(=O)c1c(C)oc2ccc(OCC3CCN(C(=O)OC(C)(C)C)C3)cc12. The molecule has 1 aromatic carbocycles. The number of benzene rings is 1. The predicted octanol–water partition coefficient (Wildman–Crippen LogP) is 5.36. The third-order valence-corrected chi connectivity index (χ3v) is 5.01. The molecule has 0 saturated carbocycles. The van der Waals surface area contributed by atoms with Crippen molar-refractivity contribution in [2.45, 2.75) is 59.5 Å². The predicted molar refractivity (Wildman–Crippen MR) is 112 cm³/mol. The number of aryl methyl sites for hydroxylation is 1. The molecule has 1 fully saturated rings.